The van der Waals surface area contributed by atoms with E-state index in [4.69, 9.17) is 23.1 Å². The second-order valence-electron chi connectivity index (χ2n) is 15.6. The van der Waals surface area contributed by atoms with Gasteiger partial charge in [0, 0.05) is 60.0 Å². The van der Waals surface area contributed by atoms with Gasteiger partial charge in [0.15, 0.2) is 5.16 Å². The molecule has 2 aliphatic rings. The maximum atomic E-state index is 11.5. The van der Waals surface area contributed by atoms with Crippen molar-refractivity contribution < 1.29 is 9.59 Å². The third-order valence-corrected chi connectivity index (χ3v) is 11.6. The normalized spacial score (nSPS) is 16.1. The van der Waals surface area contributed by atoms with Gasteiger partial charge in [0.05, 0.1) is 0 Å². The smallest absolute Gasteiger partial charge is 0.248 e. The number of amides is 2. The Bertz CT molecular complexity index is 2040. The first-order valence-corrected chi connectivity index (χ1v) is 22.2. The summed E-state index contributed by atoms with van der Waals surface area (Å²) >= 11 is 11.8. The highest BCUT2D eigenvalue weighted by Gasteiger charge is 2.27. The number of thiol groups is 1. The van der Waals surface area contributed by atoms with Crippen LogP contribution in [0.15, 0.2) is 41.6 Å². The Morgan fingerprint density at radius 1 is 0.900 bits per heavy atom. The SMILES string of the molecule is CC(C)CS.CCN(c1nc(Cl)nc(Nc2cc(C(N)=O)ccc2C)n1)[C@@H]1CCN(C)C1.Cc1ccc(C(N)=O)cc1Nc1nc(NC2CCNC2)nc(SCC(C)C)n1. The largest absolute Gasteiger partial charge is 0.366 e. The zero-order valence-electron chi connectivity index (χ0n) is 35.9. The van der Waals surface area contributed by atoms with Gasteiger partial charge in [0.25, 0.3) is 0 Å². The minimum absolute atomic E-state index is 0.121. The predicted octanol–water partition coefficient (Wildman–Crippen LogP) is 6.32. The summed E-state index contributed by atoms with van der Waals surface area (Å²) in [6.45, 7) is 19.2. The second kappa shape index (κ2) is 23.5. The molecule has 16 nitrogen and oxygen atoms in total. The second-order valence-corrected chi connectivity index (χ2v) is 17.3. The molecule has 2 aromatic heterocycles. The molecule has 1 unspecified atom stereocenters. The number of carbonyl (C=O) groups excluding carboxylic acids is 2. The van der Waals surface area contributed by atoms with Crippen LogP contribution < -0.4 is 37.6 Å². The lowest BCUT2D eigenvalue weighted by Crippen LogP contribution is -2.38. The lowest BCUT2D eigenvalue weighted by Gasteiger charge is -2.27. The van der Waals surface area contributed by atoms with Crippen molar-refractivity contribution in [2.75, 3.05) is 72.1 Å². The van der Waals surface area contributed by atoms with E-state index in [-0.39, 0.29) is 5.28 Å². The van der Waals surface area contributed by atoms with Crippen LogP contribution in [0.2, 0.25) is 5.28 Å². The number of rotatable bonds is 15. The van der Waals surface area contributed by atoms with E-state index >= 15 is 0 Å². The molecule has 0 aliphatic carbocycles. The van der Waals surface area contributed by atoms with Gasteiger partial charge in [0.1, 0.15) is 0 Å². The summed E-state index contributed by atoms with van der Waals surface area (Å²) < 4.78 is 0. The zero-order valence-corrected chi connectivity index (χ0v) is 38.4. The molecule has 326 valence electrons. The number of nitrogens with zero attached hydrogens (tertiary/aromatic N) is 8. The van der Waals surface area contributed by atoms with Crippen molar-refractivity contribution >= 4 is 83.0 Å². The monoisotopic (exact) mass is 880 g/mol. The van der Waals surface area contributed by atoms with E-state index in [1.807, 2.05) is 26.0 Å². The highest BCUT2D eigenvalue weighted by atomic mass is 35.5. The lowest BCUT2D eigenvalue weighted by atomic mass is 10.1. The number of hydrogen-bond donors (Lipinski definition) is 7. The number of benzene rings is 2. The molecule has 19 heteroatoms. The van der Waals surface area contributed by atoms with Gasteiger partial charge in [-0.25, -0.2) is 0 Å². The van der Waals surface area contributed by atoms with E-state index < -0.39 is 11.8 Å². The molecule has 2 saturated heterocycles. The number of thioether (sulfide) groups is 1. The van der Waals surface area contributed by atoms with Crippen molar-refractivity contribution in [1.29, 1.82) is 0 Å². The minimum Gasteiger partial charge on any atom is -0.366 e. The number of aromatic nitrogens is 6. The molecule has 4 heterocycles. The summed E-state index contributed by atoms with van der Waals surface area (Å²) in [6, 6.07) is 11.1. The van der Waals surface area contributed by atoms with Crippen molar-refractivity contribution in [2.24, 2.45) is 23.3 Å². The van der Waals surface area contributed by atoms with E-state index in [1.54, 1.807) is 36.0 Å². The summed E-state index contributed by atoms with van der Waals surface area (Å²) in [5, 5.41) is 13.9. The number of nitrogens with one attached hydrogen (secondary N) is 4. The minimum atomic E-state index is -0.491. The van der Waals surface area contributed by atoms with Crippen molar-refractivity contribution in [3.05, 3.63) is 63.9 Å². The Balaban J connectivity index is 0.000000238. The van der Waals surface area contributed by atoms with Crippen molar-refractivity contribution in [1.82, 2.24) is 40.1 Å². The topological polar surface area (TPSA) is 218 Å². The highest BCUT2D eigenvalue weighted by Crippen LogP contribution is 2.26. The Hall–Kier alpha value is -4.49. The van der Waals surface area contributed by atoms with Gasteiger partial charge in [-0.15, -0.1) is 0 Å². The fraction of sp³-hybridized carbons (Fsp3) is 0.512. The molecule has 4 aromatic rings. The van der Waals surface area contributed by atoms with Crippen LogP contribution in [0.1, 0.15) is 79.3 Å². The van der Waals surface area contributed by atoms with Crippen LogP contribution in [0.25, 0.3) is 0 Å². The van der Waals surface area contributed by atoms with Crippen LogP contribution in [0, 0.1) is 25.7 Å². The van der Waals surface area contributed by atoms with Crippen molar-refractivity contribution in [3.63, 3.8) is 0 Å². The van der Waals surface area contributed by atoms with Crippen LogP contribution in [-0.2, 0) is 0 Å². The highest BCUT2D eigenvalue weighted by molar-refractivity contribution is 7.99. The van der Waals surface area contributed by atoms with Crippen LogP contribution >= 0.6 is 36.0 Å². The number of carbonyl (C=O) groups is 2. The Morgan fingerprint density at radius 2 is 1.48 bits per heavy atom. The molecule has 2 atom stereocenters. The number of hydrogen-bond acceptors (Lipinski definition) is 16. The molecular weight excluding hydrogens is 820 g/mol. The molecule has 2 amide bonds. The third-order valence-electron chi connectivity index (χ3n) is 9.46. The van der Waals surface area contributed by atoms with E-state index in [1.165, 1.54) is 0 Å². The lowest BCUT2D eigenvalue weighted by molar-refractivity contribution is 0.0992. The van der Waals surface area contributed by atoms with Gasteiger partial charge in [-0.1, -0.05) is 51.6 Å². The number of aryl methyl sites for hydroxylation is 2. The Labute approximate surface area is 369 Å². The van der Waals surface area contributed by atoms with Crippen molar-refractivity contribution in [2.45, 2.75) is 78.5 Å². The third kappa shape index (κ3) is 15.2. The molecule has 60 heavy (non-hydrogen) atoms. The number of nitrogens with two attached hydrogens (primary N) is 2. The van der Waals surface area contributed by atoms with Crippen LogP contribution in [0.4, 0.5) is 35.2 Å². The summed E-state index contributed by atoms with van der Waals surface area (Å²) in [5.41, 5.74) is 15.0. The van der Waals surface area contributed by atoms with Gasteiger partial charge in [-0.2, -0.15) is 42.5 Å². The molecular formula is C41H61ClN14O2S2. The Kier molecular flexibility index (Phi) is 18.9. The molecule has 2 aromatic carbocycles. The Morgan fingerprint density at radius 3 is 1.97 bits per heavy atom. The fourth-order valence-corrected chi connectivity index (χ4v) is 7.00. The summed E-state index contributed by atoms with van der Waals surface area (Å²) in [6.07, 6.45) is 2.08. The summed E-state index contributed by atoms with van der Waals surface area (Å²) in [4.78, 5) is 54.1. The average molecular weight is 882 g/mol. The van der Waals surface area contributed by atoms with Gasteiger partial charge >= 0.3 is 0 Å². The van der Waals surface area contributed by atoms with E-state index in [0.717, 1.165) is 79.8 Å². The summed E-state index contributed by atoms with van der Waals surface area (Å²) in [7, 11) is 2.11. The maximum absolute atomic E-state index is 11.5. The average Bonchev–Trinajstić information content (AvgIpc) is 3.87. The standard InChI is InChI=1S/C19H27N7OS.C18H24ClN7O.C4H10S/c1-11(2)10-28-19-25-17(22-14-6-7-21-9-14)24-18(26-19)23-15-8-13(16(20)27)5-4-12(15)3;1-4-26(13-7-8-25(3)10-13)18-23-16(19)22-17(24-18)21-14-9-12(15(20)27)6-5-11(14)2;1-4(2)3-5/h4-5,8,11,14,21H,6-7,9-10H2,1-3H3,(H2,20,27)(H2,22,23,24,25,26);5-6,9,13H,4,7-8,10H2,1-3H3,(H2,20,27)(H,21,22,23,24);4-5H,3H2,1-2H3/t;13-;/m.1./s1. The first-order valence-electron chi connectivity index (χ1n) is 20.2. The quantitative estimate of drug-likeness (QED) is 0.0513. The maximum Gasteiger partial charge on any atom is 0.248 e. The fourth-order valence-electron chi connectivity index (χ4n) is 6.06. The van der Waals surface area contributed by atoms with Gasteiger partial charge < -0.3 is 42.5 Å². The molecule has 2 aliphatic heterocycles. The predicted molar refractivity (Wildman–Crippen MR) is 249 cm³/mol. The molecule has 0 bridgehead atoms. The van der Waals surface area contributed by atoms with Gasteiger partial charge in [-0.05, 0) is 118 Å². The molecule has 6 rings (SSSR count). The number of likely N-dealkylation sites (tertiary alicyclic amines) is 1. The van der Waals surface area contributed by atoms with Crippen LogP contribution in [0.3, 0.4) is 0 Å². The van der Waals surface area contributed by atoms with Crippen LogP contribution in [0.5, 0.6) is 0 Å². The molecule has 0 spiro atoms. The number of halogens is 1. The summed E-state index contributed by atoms with van der Waals surface area (Å²) in [5.74, 6) is 4.12. The number of likely N-dealkylation sites (N-methyl/N-ethyl adjacent to an activating group) is 2. The van der Waals surface area contributed by atoms with E-state index in [0.29, 0.717) is 63.8 Å². The van der Waals surface area contributed by atoms with Crippen LogP contribution in [-0.4, -0.2) is 110 Å². The first-order chi connectivity index (χ1) is 28.5. The van der Waals surface area contributed by atoms with Crippen molar-refractivity contribution in [3.8, 4) is 0 Å². The van der Waals surface area contributed by atoms with Gasteiger partial charge in [0.2, 0.25) is 40.9 Å². The molecule has 2 fully saturated rings. The molecule has 0 saturated carbocycles. The molecule has 0 radical (unpaired) electrons. The van der Waals surface area contributed by atoms with E-state index in [9.17, 15) is 9.59 Å². The molecule has 8 N–H and O–H groups in total. The number of primary amides is 2. The first kappa shape index (κ1) is 48.2. The van der Waals surface area contributed by atoms with E-state index in [2.05, 4.69) is 115 Å². The van der Waals surface area contributed by atoms with Gasteiger partial charge in [-0.3, -0.25) is 9.59 Å². The zero-order chi connectivity index (χ0) is 43.9. The number of anilines is 6.